The number of sulfone groups is 1. The number of nitrogens with two attached hydrogens (primary N) is 1. The van der Waals surface area contributed by atoms with Crippen LogP contribution in [0.3, 0.4) is 0 Å². The van der Waals surface area contributed by atoms with Crippen LogP contribution in [0.5, 0.6) is 0 Å². The van der Waals surface area contributed by atoms with Crippen molar-refractivity contribution < 1.29 is 26.7 Å². The Hall–Kier alpha value is -2.36. The quantitative estimate of drug-likeness (QED) is 0.298. The summed E-state index contributed by atoms with van der Waals surface area (Å²) in [5.41, 5.74) is 7.04. The monoisotopic (exact) mass is 494 g/mol. The van der Waals surface area contributed by atoms with E-state index in [1.165, 1.54) is 5.56 Å². The van der Waals surface area contributed by atoms with Crippen molar-refractivity contribution in [3.05, 3.63) is 70.8 Å². The van der Waals surface area contributed by atoms with E-state index in [1.54, 1.807) is 6.92 Å². The fourth-order valence-electron chi connectivity index (χ4n) is 4.81. The summed E-state index contributed by atoms with van der Waals surface area (Å²) >= 11 is 0. The van der Waals surface area contributed by atoms with Gasteiger partial charge in [0.25, 0.3) is 0 Å². The van der Waals surface area contributed by atoms with Crippen LogP contribution in [-0.2, 0) is 32.3 Å². The Morgan fingerprint density at radius 1 is 1.15 bits per heavy atom. The Morgan fingerprint density at radius 3 is 2.47 bits per heavy atom. The van der Waals surface area contributed by atoms with Gasteiger partial charge in [0.2, 0.25) is 0 Å². The molecule has 0 spiro atoms. The SMILES string of the molecule is CCC[C@](N)(C(=O)OCNCc1cccc(CC)c1)C1C(c2cc(F)cc(F)c2)CCS1(=O)=O. The summed E-state index contributed by atoms with van der Waals surface area (Å²) < 4.78 is 59.2. The van der Waals surface area contributed by atoms with Crippen LogP contribution in [0.15, 0.2) is 42.5 Å². The van der Waals surface area contributed by atoms with E-state index in [0.29, 0.717) is 13.0 Å². The van der Waals surface area contributed by atoms with Crippen LogP contribution in [-0.4, -0.2) is 37.7 Å². The molecule has 2 unspecified atom stereocenters. The van der Waals surface area contributed by atoms with Gasteiger partial charge in [-0.15, -0.1) is 0 Å². The lowest BCUT2D eigenvalue weighted by atomic mass is 9.80. The van der Waals surface area contributed by atoms with E-state index < -0.39 is 44.1 Å². The first-order chi connectivity index (χ1) is 16.1. The van der Waals surface area contributed by atoms with Crippen LogP contribution in [0.1, 0.15) is 55.7 Å². The summed E-state index contributed by atoms with van der Waals surface area (Å²) in [5.74, 6) is -3.50. The molecular weight excluding hydrogens is 462 g/mol. The van der Waals surface area contributed by atoms with Crippen molar-refractivity contribution in [3.63, 3.8) is 0 Å². The van der Waals surface area contributed by atoms with Crippen molar-refractivity contribution in [3.8, 4) is 0 Å². The first-order valence-electron chi connectivity index (χ1n) is 11.5. The average Bonchev–Trinajstić information content (AvgIpc) is 3.11. The van der Waals surface area contributed by atoms with Crippen LogP contribution >= 0.6 is 0 Å². The second-order valence-corrected chi connectivity index (χ2v) is 11.1. The maximum atomic E-state index is 13.9. The van der Waals surface area contributed by atoms with Crippen molar-refractivity contribution >= 4 is 15.8 Å². The normalized spacial score (nSPS) is 21.2. The second-order valence-electron chi connectivity index (χ2n) is 8.85. The molecule has 1 saturated heterocycles. The van der Waals surface area contributed by atoms with Crippen LogP contribution < -0.4 is 11.1 Å². The number of hydrogen-bond acceptors (Lipinski definition) is 6. The molecule has 0 aliphatic carbocycles. The summed E-state index contributed by atoms with van der Waals surface area (Å²) in [6.45, 7) is 4.15. The molecule has 1 fully saturated rings. The predicted molar refractivity (Wildman–Crippen MR) is 127 cm³/mol. The van der Waals surface area contributed by atoms with Gasteiger partial charge in [0, 0.05) is 18.5 Å². The minimum absolute atomic E-state index is 0.0581. The number of ether oxygens (including phenoxy) is 1. The number of halogens is 2. The maximum absolute atomic E-state index is 13.9. The van der Waals surface area contributed by atoms with Gasteiger partial charge >= 0.3 is 5.97 Å². The molecular formula is C25H32F2N2O4S. The summed E-state index contributed by atoms with van der Waals surface area (Å²) in [7, 11) is -3.81. The second kappa shape index (κ2) is 10.9. The lowest BCUT2D eigenvalue weighted by molar-refractivity contribution is -0.151. The molecule has 0 radical (unpaired) electrons. The number of esters is 1. The Morgan fingerprint density at radius 2 is 1.82 bits per heavy atom. The van der Waals surface area contributed by atoms with E-state index >= 15 is 0 Å². The molecule has 186 valence electrons. The third kappa shape index (κ3) is 5.82. The fraction of sp³-hybridized carbons (Fsp3) is 0.480. The summed E-state index contributed by atoms with van der Waals surface area (Å²) in [6.07, 6.45) is 1.52. The zero-order chi connectivity index (χ0) is 24.9. The summed E-state index contributed by atoms with van der Waals surface area (Å²) in [4.78, 5) is 13.2. The first kappa shape index (κ1) is 26.2. The van der Waals surface area contributed by atoms with Crippen LogP contribution in [0.25, 0.3) is 0 Å². The van der Waals surface area contributed by atoms with Crippen molar-refractivity contribution in [2.75, 3.05) is 12.5 Å². The van der Waals surface area contributed by atoms with Crippen molar-refractivity contribution in [2.45, 2.75) is 62.8 Å². The lowest BCUT2D eigenvalue weighted by Crippen LogP contribution is -2.61. The highest BCUT2D eigenvalue weighted by molar-refractivity contribution is 7.92. The minimum atomic E-state index is -3.81. The smallest absolute Gasteiger partial charge is 0.328 e. The van der Waals surface area contributed by atoms with Crippen molar-refractivity contribution in [2.24, 2.45) is 5.73 Å². The standard InChI is InChI=1S/C25H32F2N2O4S/c1-3-9-25(28,24(30)33-16-29-15-18-7-5-6-17(4-2)11-18)23-22(8-10-34(23,31)32)19-12-20(26)14-21(27)13-19/h5-7,11-14,22-23,29H,3-4,8-10,15-16,28H2,1-2H3/t22?,23?,25-/m1/s1. The Kier molecular flexibility index (Phi) is 8.43. The highest BCUT2D eigenvalue weighted by Crippen LogP contribution is 2.42. The third-order valence-electron chi connectivity index (χ3n) is 6.36. The van der Waals surface area contributed by atoms with Gasteiger partial charge in [0.15, 0.2) is 9.84 Å². The molecule has 2 aromatic rings. The van der Waals surface area contributed by atoms with E-state index in [1.807, 2.05) is 24.3 Å². The molecule has 9 heteroatoms. The van der Waals surface area contributed by atoms with E-state index in [2.05, 4.69) is 12.2 Å². The highest BCUT2D eigenvalue weighted by atomic mass is 32.2. The van der Waals surface area contributed by atoms with Gasteiger partial charge in [-0.05, 0) is 48.1 Å². The molecule has 1 aliphatic rings. The van der Waals surface area contributed by atoms with Crippen molar-refractivity contribution in [1.82, 2.24) is 5.32 Å². The summed E-state index contributed by atoms with van der Waals surface area (Å²) in [5, 5.41) is 1.68. The minimum Gasteiger partial charge on any atom is -0.448 e. The zero-order valence-corrected chi connectivity index (χ0v) is 20.3. The van der Waals surface area contributed by atoms with Gasteiger partial charge in [-0.2, -0.15) is 0 Å². The van der Waals surface area contributed by atoms with E-state index in [4.69, 9.17) is 10.5 Å². The Labute approximate surface area is 199 Å². The molecule has 0 saturated carbocycles. The molecule has 1 aliphatic heterocycles. The Bertz CT molecular complexity index is 1110. The number of carbonyl (C=O) groups is 1. The van der Waals surface area contributed by atoms with Gasteiger partial charge < -0.3 is 10.5 Å². The van der Waals surface area contributed by atoms with E-state index in [9.17, 15) is 22.0 Å². The van der Waals surface area contributed by atoms with Gasteiger partial charge in [-0.3, -0.25) is 5.32 Å². The first-order valence-corrected chi connectivity index (χ1v) is 13.2. The molecule has 1 heterocycles. The molecule has 3 N–H and O–H groups in total. The molecule has 2 aromatic carbocycles. The van der Waals surface area contributed by atoms with Gasteiger partial charge in [-0.1, -0.05) is 44.5 Å². The Balaban J connectivity index is 1.78. The molecule has 0 aromatic heterocycles. The van der Waals surface area contributed by atoms with Crippen molar-refractivity contribution in [1.29, 1.82) is 0 Å². The number of nitrogens with one attached hydrogen (secondary N) is 1. The number of hydrogen-bond donors (Lipinski definition) is 2. The summed E-state index contributed by atoms with van der Waals surface area (Å²) in [6, 6.07) is 10.9. The number of aryl methyl sites for hydroxylation is 1. The fourth-order valence-corrected chi connectivity index (χ4v) is 7.30. The lowest BCUT2D eigenvalue weighted by Gasteiger charge is -2.35. The molecule has 6 nitrogen and oxygen atoms in total. The molecule has 3 atom stereocenters. The van der Waals surface area contributed by atoms with E-state index in [-0.39, 0.29) is 30.9 Å². The predicted octanol–water partition coefficient (Wildman–Crippen LogP) is 3.59. The zero-order valence-electron chi connectivity index (χ0n) is 19.5. The molecule has 0 amide bonds. The number of benzene rings is 2. The number of carbonyl (C=O) groups excluding carboxylic acids is 1. The van der Waals surface area contributed by atoms with Crippen LogP contribution in [0, 0.1) is 11.6 Å². The third-order valence-corrected chi connectivity index (χ3v) is 8.69. The van der Waals surface area contributed by atoms with Gasteiger partial charge in [-0.25, -0.2) is 22.0 Å². The number of rotatable bonds is 10. The highest BCUT2D eigenvalue weighted by Gasteiger charge is 2.56. The van der Waals surface area contributed by atoms with Gasteiger partial charge in [0.1, 0.15) is 23.9 Å². The molecule has 34 heavy (non-hydrogen) atoms. The molecule has 3 rings (SSSR count). The van der Waals surface area contributed by atoms with Crippen LogP contribution in [0.4, 0.5) is 8.78 Å². The molecule has 0 bridgehead atoms. The van der Waals surface area contributed by atoms with Gasteiger partial charge in [0.05, 0.1) is 11.0 Å². The average molecular weight is 495 g/mol. The van der Waals surface area contributed by atoms with Crippen LogP contribution in [0.2, 0.25) is 0 Å². The maximum Gasteiger partial charge on any atom is 0.328 e. The largest absolute Gasteiger partial charge is 0.448 e. The topological polar surface area (TPSA) is 98.5 Å². The van der Waals surface area contributed by atoms with E-state index in [0.717, 1.165) is 30.2 Å².